The largest absolute Gasteiger partial charge is 0.294 e. The molecule has 1 aromatic heterocycles. The fraction of sp³-hybridized carbons (Fsp3) is 0.444. The van der Waals surface area contributed by atoms with Crippen LogP contribution in [0.5, 0.6) is 0 Å². The first-order valence-electron chi connectivity index (χ1n) is 11.7. The summed E-state index contributed by atoms with van der Waals surface area (Å²) in [6, 6.07) is 8.51. The van der Waals surface area contributed by atoms with Gasteiger partial charge in [-0.05, 0) is 60.8 Å². The Morgan fingerprint density at radius 2 is 1.82 bits per heavy atom. The van der Waals surface area contributed by atoms with E-state index < -0.39 is 0 Å². The number of carbonyl (C=O) groups is 2. The minimum Gasteiger partial charge on any atom is -0.294 e. The molecule has 0 spiro atoms. The molecular formula is C27H27FN2O2S. The highest BCUT2D eigenvalue weighted by atomic mass is 32.1. The van der Waals surface area contributed by atoms with Crippen LogP contribution in [0.4, 0.5) is 9.39 Å². The van der Waals surface area contributed by atoms with Crippen molar-refractivity contribution in [3.63, 3.8) is 0 Å². The van der Waals surface area contributed by atoms with Gasteiger partial charge < -0.3 is 0 Å². The number of aryl methyl sites for hydroxylation is 1. The van der Waals surface area contributed by atoms with Gasteiger partial charge >= 0.3 is 0 Å². The summed E-state index contributed by atoms with van der Waals surface area (Å²) < 4.78 is 13.6. The van der Waals surface area contributed by atoms with E-state index >= 15 is 0 Å². The quantitative estimate of drug-likeness (QED) is 0.500. The number of allylic oxidation sites excluding steroid dienone is 2. The van der Waals surface area contributed by atoms with E-state index in [0.29, 0.717) is 29.0 Å². The second-order valence-corrected chi connectivity index (χ2v) is 11.3. The maximum absolute atomic E-state index is 13.7. The van der Waals surface area contributed by atoms with Crippen LogP contribution in [0, 0.1) is 22.6 Å². The van der Waals surface area contributed by atoms with Gasteiger partial charge in [0.15, 0.2) is 5.78 Å². The van der Waals surface area contributed by atoms with Crippen LogP contribution >= 0.6 is 11.3 Å². The first kappa shape index (κ1) is 22.0. The molecule has 33 heavy (non-hydrogen) atoms. The fourth-order valence-electron chi connectivity index (χ4n) is 5.63. The number of hydrogen-bond donors (Lipinski definition) is 0. The molecule has 0 saturated carbocycles. The van der Waals surface area contributed by atoms with E-state index in [2.05, 4.69) is 6.07 Å². The van der Waals surface area contributed by atoms with Gasteiger partial charge in [-0.15, -0.1) is 11.3 Å². The fourth-order valence-corrected chi connectivity index (χ4v) is 7.01. The molecule has 0 unspecified atom stereocenters. The minimum absolute atomic E-state index is 0.0460. The molecular weight excluding hydrogens is 435 g/mol. The van der Waals surface area contributed by atoms with Gasteiger partial charge in [0.25, 0.3) is 0 Å². The lowest BCUT2D eigenvalue weighted by Crippen LogP contribution is -2.43. The van der Waals surface area contributed by atoms with Crippen molar-refractivity contribution in [2.45, 2.75) is 71.1 Å². The second-order valence-electron chi connectivity index (χ2n) is 10.2. The maximum Gasteiger partial charge on any atom is 0.232 e. The molecule has 0 saturated heterocycles. The highest BCUT2D eigenvalue weighted by Crippen LogP contribution is 2.51. The van der Waals surface area contributed by atoms with Gasteiger partial charge in [0.1, 0.15) is 16.9 Å². The van der Waals surface area contributed by atoms with E-state index in [4.69, 9.17) is 0 Å². The molecule has 0 fully saturated rings. The Labute approximate surface area is 197 Å². The molecule has 5 rings (SSSR count). The molecule has 1 amide bonds. The molecule has 1 aliphatic heterocycles. The zero-order chi connectivity index (χ0) is 23.3. The average Bonchev–Trinajstić information content (AvgIpc) is 2.92. The van der Waals surface area contributed by atoms with Gasteiger partial charge in [0.2, 0.25) is 5.91 Å². The summed E-state index contributed by atoms with van der Waals surface area (Å²) >= 11 is 1.55. The summed E-state index contributed by atoms with van der Waals surface area (Å²) in [5, 5.41) is 10.8. The van der Waals surface area contributed by atoms with Gasteiger partial charge in [-0.25, -0.2) is 4.39 Å². The van der Waals surface area contributed by atoms with E-state index in [-0.39, 0.29) is 35.3 Å². The molecule has 170 valence electrons. The molecule has 2 heterocycles. The van der Waals surface area contributed by atoms with Crippen LogP contribution < -0.4 is 4.90 Å². The van der Waals surface area contributed by atoms with Crippen LogP contribution in [-0.2, 0) is 22.4 Å². The molecule has 3 aliphatic rings. The van der Waals surface area contributed by atoms with Gasteiger partial charge in [-0.3, -0.25) is 14.5 Å². The van der Waals surface area contributed by atoms with Gasteiger partial charge in [0, 0.05) is 34.9 Å². The number of rotatable bonds is 2. The van der Waals surface area contributed by atoms with E-state index in [1.165, 1.54) is 17.0 Å². The number of amides is 1. The first-order valence-corrected chi connectivity index (χ1v) is 12.5. The Balaban J connectivity index is 1.69. The van der Waals surface area contributed by atoms with Crippen LogP contribution in [0.2, 0.25) is 0 Å². The highest BCUT2D eigenvalue weighted by Gasteiger charge is 2.45. The number of carbonyl (C=O) groups excluding carboxylic acids is 2. The summed E-state index contributed by atoms with van der Waals surface area (Å²) in [6.45, 7) is 4.10. The minimum atomic E-state index is -0.378. The number of anilines is 1. The van der Waals surface area contributed by atoms with Crippen molar-refractivity contribution in [2.75, 3.05) is 4.90 Å². The molecule has 0 radical (unpaired) electrons. The molecule has 0 bridgehead atoms. The number of Topliss-reactive ketones (excluding diaryl/α,β-unsaturated/α-hetero) is 1. The summed E-state index contributed by atoms with van der Waals surface area (Å²) in [5.74, 6) is -0.769. The van der Waals surface area contributed by atoms with E-state index in [1.807, 2.05) is 13.8 Å². The monoisotopic (exact) mass is 462 g/mol. The van der Waals surface area contributed by atoms with Crippen molar-refractivity contribution in [3.8, 4) is 6.07 Å². The lowest BCUT2D eigenvalue weighted by molar-refractivity contribution is -0.120. The standard InChI is InChI=1S/C27H27FN2O2S/c1-27(2)13-21-25(22(31)14-27)19(16-8-10-17(28)11-9-16)12-24(32)30(21)26-20(15-29)18-6-4-3-5-7-23(18)33-26/h8-11,19H,3-7,12-14H2,1-2H3/t19-/m0/s1. The number of nitriles is 1. The predicted octanol–water partition coefficient (Wildman–Crippen LogP) is 6.19. The van der Waals surface area contributed by atoms with Crippen LogP contribution in [-0.4, -0.2) is 11.7 Å². The van der Waals surface area contributed by atoms with Crippen LogP contribution in [0.3, 0.4) is 0 Å². The number of fused-ring (bicyclic) bond motifs is 1. The second kappa shape index (κ2) is 8.22. The Kier molecular flexibility index (Phi) is 5.49. The van der Waals surface area contributed by atoms with Crippen molar-refractivity contribution < 1.29 is 14.0 Å². The smallest absolute Gasteiger partial charge is 0.232 e. The van der Waals surface area contributed by atoms with Crippen LogP contribution in [0.25, 0.3) is 0 Å². The van der Waals surface area contributed by atoms with Gasteiger partial charge in [0.05, 0.1) is 5.56 Å². The lowest BCUT2D eigenvalue weighted by atomic mass is 9.69. The molecule has 0 N–H and O–H groups in total. The van der Waals surface area contributed by atoms with Gasteiger partial charge in [-0.1, -0.05) is 32.4 Å². The topological polar surface area (TPSA) is 61.2 Å². The number of ketones is 1. The Morgan fingerprint density at radius 1 is 1.09 bits per heavy atom. The molecule has 1 atom stereocenters. The van der Waals surface area contributed by atoms with Crippen LogP contribution in [0.15, 0.2) is 35.5 Å². The average molecular weight is 463 g/mol. The zero-order valence-electron chi connectivity index (χ0n) is 19.0. The molecule has 4 nitrogen and oxygen atoms in total. The Morgan fingerprint density at radius 3 is 2.55 bits per heavy atom. The first-order chi connectivity index (χ1) is 15.8. The van der Waals surface area contributed by atoms with E-state index in [0.717, 1.165) is 48.9 Å². The maximum atomic E-state index is 13.7. The van der Waals surface area contributed by atoms with E-state index in [9.17, 15) is 19.2 Å². The highest BCUT2D eigenvalue weighted by molar-refractivity contribution is 7.16. The molecule has 2 aliphatic carbocycles. The van der Waals surface area contributed by atoms with Crippen molar-refractivity contribution in [2.24, 2.45) is 5.41 Å². The molecule has 6 heteroatoms. The third-order valence-corrected chi connectivity index (χ3v) is 8.41. The van der Waals surface area contributed by atoms with Crippen LogP contribution in [0.1, 0.15) is 79.9 Å². The number of halogens is 1. The third kappa shape index (κ3) is 3.83. The summed E-state index contributed by atoms with van der Waals surface area (Å²) in [4.78, 5) is 30.0. The number of hydrogen-bond acceptors (Lipinski definition) is 4. The van der Waals surface area contributed by atoms with Crippen molar-refractivity contribution in [1.82, 2.24) is 0 Å². The van der Waals surface area contributed by atoms with Crippen molar-refractivity contribution in [1.29, 1.82) is 5.26 Å². The normalized spacial score (nSPS) is 22.5. The predicted molar refractivity (Wildman–Crippen MR) is 127 cm³/mol. The lowest BCUT2D eigenvalue weighted by Gasteiger charge is -2.42. The van der Waals surface area contributed by atoms with E-state index in [1.54, 1.807) is 28.4 Å². The zero-order valence-corrected chi connectivity index (χ0v) is 19.9. The third-order valence-electron chi connectivity index (χ3n) is 7.13. The summed E-state index contributed by atoms with van der Waals surface area (Å²) in [6.07, 6.45) is 6.25. The van der Waals surface area contributed by atoms with Gasteiger partial charge in [-0.2, -0.15) is 5.26 Å². The molecule has 1 aromatic carbocycles. The van der Waals surface area contributed by atoms with Crippen molar-refractivity contribution in [3.05, 3.63) is 62.9 Å². The Bertz CT molecular complexity index is 1220. The summed E-state index contributed by atoms with van der Waals surface area (Å²) in [7, 11) is 0. The SMILES string of the molecule is CC1(C)CC(=O)C2=C(C1)N(c1sc3c(c1C#N)CCCCC3)C(=O)C[C@H]2c1ccc(F)cc1. The number of benzene rings is 1. The number of nitrogens with zero attached hydrogens (tertiary/aromatic N) is 2. The van der Waals surface area contributed by atoms with Crippen molar-refractivity contribution >= 4 is 28.0 Å². The number of thiophene rings is 1. The Hall–Kier alpha value is -2.78. The summed E-state index contributed by atoms with van der Waals surface area (Å²) in [5.41, 5.74) is 3.59. The molecule has 2 aromatic rings.